The average Bonchev–Trinajstić information content (AvgIpc) is 3.08. The SMILES string of the molecule is Cc1nn(-c2ccccc2)c(C)c1C(=O)C(=O)N1CCN(c2ccc(Cl)cc2)CC1. The number of halogens is 1. The fraction of sp³-hybridized carbons (Fsp3) is 0.261. The van der Waals surface area contributed by atoms with E-state index in [1.165, 1.54) is 0 Å². The highest BCUT2D eigenvalue weighted by molar-refractivity contribution is 6.43. The van der Waals surface area contributed by atoms with Gasteiger partial charge in [0.15, 0.2) is 0 Å². The Morgan fingerprint density at radius 1 is 0.867 bits per heavy atom. The molecule has 0 atom stereocenters. The maximum atomic E-state index is 13.0. The molecule has 154 valence electrons. The van der Waals surface area contributed by atoms with Crippen molar-refractivity contribution in [2.24, 2.45) is 0 Å². The summed E-state index contributed by atoms with van der Waals surface area (Å²) in [6.45, 7) is 5.93. The highest BCUT2D eigenvalue weighted by atomic mass is 35.5. The number of hydrogen-bond donors (Lipinski definition) is 0. The third-order valence-corrected chi connectivity index (χ3v) is 5.72. The molecule has 0 bridgehead atoms. The quantitative estimate of drug-likeness (QED) is 0.475. The predicted octanol–water partition coefficient (Wildman–Crippen LogP) is 3.67. The molecule has 0 radical (unpaired) electrons. The molecular formula is C23H23ClN4O2. The lowest BCUT2D eigenvalue weighted by Gasteiger charge is -2.35. The van der Waals surface area contributed by atoms with E-state index >= 15 is 0 Å². The van der Waals surface area contributed by atoms with Gasteiger partial charge < -0.3 is 9.80 Å². The molecule has 1 amide bonds. The van der Waals surface area contributed by atoms with E-state index in [1.54, 1.807) is 16.5 Å². The number of anilines is 1. The summed E-state index contributed by atoms with van der Waals surface area (Å²) in [5.41, 5.74) is 3.56. The zero-order valence-corrected chi connectivity index (χ0v) is 17.8. The van der Waals surface area contributed by atoms with E-state index in [9.17, 15) is 9.59 Å². The molecule has 1 aliphatic heterocycles. The fourth-order valence-corrected chi connectivity index (χ4v) is 3.99. The van der Waals surface area contributed by atoms with Gasteiger partial charge in [-0.2, -0.15) is 5.10 Å². The lowest BCUT2D eigenvalue weighted by molar-refractivity contribution is -0.126. The Labute approximate surface area is 180 Å². The zero-order chi connectivity index (χ0) is 21.3. The Balaban J connectivity index is 1.48. The van der Waals surface area contributed by atoms with Crippen LogP contribution in [0.25, 0.3) is 5.69 Å². The van der Waals surface area contributed by atoms with E-state index in [4.69, 9.17) is 11.6 Å². The lowest BCUT2D eigenvalue weighted by Crippen LogP contribution is -2.50. The maximum absolute atomic E-state index is 13.0. The van der Waals surface area contributed by atoms with Gasteiger partial charge in [0, 0.05) is 36.9 Å². The lowest BCUT2D eigenvalue weighted by atomic mass is 10.1. The van der Waals surface area contributed by atoms with Gasteiger partial charge in [-0.1, -0.05) is 29.8 Å². The van der Waals surface area contributed by atoms with Crippen molar-refractivity contribution in [1.29, 1.82) is 0 Å². The Hall–Kier alpha value is -3.12. The van der Waals surface area contributed by atoms with Gasteiger partial charge in [0.25, 0.3) is 11.7 Å². The van der Waals surface area contributed by atoms with Crippen LogP contribution in [0.5, 0.6) is 0 Å². The van der Waals surface area contributed by atoms with E-state index in [0.717, 1.165) is 11.4 Å². The summed E-state index contributed by atoms with van der Waals surface area (Å²) in [5, 5.41) is 5.19. The minimum absolute atomic E-state index is 0.393. The molecule has 1 aromatic heterocycles. The van der Waals surface area contributed by atoms with E-state index in [2.05, 4.69) is 10.00 Å². The first-order chi connectivity index (χ1) is 14.5. The van der Waals surface area contributed by atoms with E-state index in [0.29, 0.717) is 48.2 Å². The molecular weight excluding hydrogens is 400 g/mol. The first-order valence-corrected chi connectivity index (χ1v) is 10.3. The average molecular weight is 423 g/mol. The molecule has 0 N–H and O–H groups in total. The molecule has 7 heteroatoms. The molecule has 1 fully saturated rings. The molecule has 30 heavy (non-hydrogen) atoms. The summed E-state index contributed by atoms with van der Waals surface area (Å²) in [7, 11) is 0. The minimum Gasteiger partial charge on any atom is -0.368 e. The maximum Gasteiger partial charge on any atom is 0.295 e. The van der Waals surface area contributed by atoms with Crippen molar-refractivity contribution in [2.45, 2.75) is 13.8 Å². The van der Waals surface area contributed by atoms with Gasteiger partial charge >= 0.3 is 0 Å². The summed E-state index contributed by atoms with van der Waals surface area (Å²) in [6, 6.07) is 17.2. The topological polar surface area (TPSA) is 58.4 Å². The summed E-state index contributed by atoms with van der Waals surface area (Å²) in [5.74, 6) is -0.961. The number of nitrogens with zero attached hydrogens (tertiary/aromatic N) is 4. The minimum atomic E-state index is -0.493. The number of ketones is 1. The molecule has 0 saturated carbocycles. The van der Waals surface area contributed by atoms with Crippen molar-refractivity contribution < 1.29 is 9.59 Å². The summed E-state index contributed by atoms with van der Waals surface area (Å²) in [6.07, 6.45) is 0. The Bertz CT molecular complexity index is 1070. The van der Waals surface area contributed by atoms with Gasteiger partial charge in [-0.25, -0.2) is 4.68 Å². The standard InChI is InChI=1S/C23H23ClN4O2/c1-16-21(17(2)28(25-16)20-6-4-3-5-7-20)22(29)23(30)27-14-12-26(13-15-27)19-10-8-18(24)9-11-19/h3-11H,12-15H2,1-2H3. The van der Waals surface area contributed by atoms with Crippen LogP contribution in [0.2, 0.25) is 5.02 Å². The molecule has 4 rings (SSSR count). The van der Waals surface area contributed by atoms with Gasteiger partial charge in [-0.15, -0.1) is 0 Å². The monoisotopic (exact) mass is 422 g/mol. The van der Waals surface area contributed by atoms with Crippen molar-refractivity contribution in [3.8, 4) is 5.69 Å². The van der Waals surface area contributed by atoms with Crippen molar-refractivity contribution >= 4 is 29.0 Å². The number of carbonyl (C=O) groups excluding carboxylic acids is 2. The van der Waals surface area contributed by atoms with Crippen LogP contribution in [0.4, 0.5) is 5.69 Å². The second-order valence-corrected chi connectivity index (χ2v) is 7.81. The molecule has 0 spiro atoms. The highest BCUT2D eigenvalue weighted by Crippen LogP contribution is 2.22. The summed E-state index contributed by atoms with van der Waals surface area (Å²) < 4.78 is 1.72. The number of amides is 1. The number of benzene rings is 2. The molecule has 2 aromatic carbocycles. The summed E-state index contributed by atoms with van der Waals surface area (Å²) in [4.78, 5) is 29.8. The molecule has 6 nitrogen and oxygen atoms in total. The van der Waals surface area contributed by atoms with Gasteiger partial charge in [0.05, 0.1) is 22.6 Å². The zero-order valence-electron chi connectivity index (χ0n) is 17.0. The van der Waals surface area contributed by atoms with Crippen molar-refractivity contribution in [1.82, 2.24) is 14.7 Å². The number of carbonyl (C=O) groups is 2. The van der Waals surface area contributed by atoms with Crippen LogP contribution in [0.1, 0.15) is 21.7 Å². The first kappa shape index (κ1) is 20.2. The van der Waals surface area contributed by atoms with Gasteiger partial charge in [-0.3, -0.25) is 9.59 Å². The Morgan fingerprint density at radius 3 is 2.13 bits per heavy atom. The van der Waals surface area contributed by atoms with Crippen LogP contribution in [0, 0.1) is 13.8 Å². The molecule has 0 unspecified atom stereocenters. The molecule has 0 aliphatic carbocycles. The van der Waals surface area contributed by atoms with Gasteiger partial charge in [0.1, 0.15) is 0 Å². The Kier molecular flexibility index (Phi) is 5.59. The number of para-hydroxylation sites is 1. The summed E-state index contributed by atoms with van der Waals surface area (Å²) >= 11 is 5.96. The third-order valence-electron chi connectivity index (χ3n) is 5.47. The van der Waals surface area contributed by atoms with Crippen molar-refractivity contribution in [3.05, 3.63) is 76.6 Å². The molecule has 1 aliphatic rings. The number of piperazine rings is 1. The number of hydrogen-bond acceptors (Lipinski definition) is 4. The van der Waals surface area contributed by atoms with Crippen LogP contribution < -0.4 is 4.90 Å². The highest BCUT2D eigenvalue weighted by Gasteiger charge is 2.30. The number of aryl methyl sites for hydroxylation is 1. The van der Waals surface area contributed by atoms with Crippen LogP contribution >= 0.6 is 11.6 Å². The number of rotatable bonds is 4. The van der Waals surface area contributed by atoms with Crippen molar-refractivity contribution in [3.63, 3.8) is 0 Å². The van der Waals surface area contributed by atoms with Crippen LogP contribution in [0.15, 0.2) is 54.6 Å². The number of Topliss-reactive ketones (excluding diaryl/α,β-unsaturated/α-hetero) is 1. The second kappa shape index (κ2) is 8.32. The van der Waals surface area contributed by atoms with Crippen LogP contribution in [0.3, 0.4) is 0 Å². The van der Waals surface area contributed by atoms with E-state index in [1.807, 2.05) is 61.5 Å². The first-order valence-electron chi connectivity index (χ1n) is 9.91. The van der Waals surface area contributed by atoms with Crippen LogP contribution in [-0.4, -0.2) is 52.5 Å². The number of aromatic nitrogens is 2. The Morgan fingerprint density at radius 2 is 1.50 bits per heavy atom. The van der Waals surface area contributed by atoms with E-state index < -0.39 is 11.7 Å². The fourth-order valence-electron chi connectivity index (χ4n) is 3.86. The largest absolute Gasteiger partial charge is 0.368 e. The molecule has 1 saturated heterocycles. The second-order valence-electron chi connectivity index (χ2n) is 7.38. The van der Waals surface area contributed by atoms with Crippen LogP contribution in [-0.2, 0) is 4.79 Å². The third kappa shape index (κ3) is 3.83. The van der Waals surface area contributed by atoms with E-state index in [-0.39, 0.29) is 0 Å². The normalized spacial score (nSPS) is 14.1. The predicted molar refractivity (Wildman–Crippen MR) is 118 cm³/mol. The van der Waals surface area contributed by atoms with Crippen molar-refractivity contribution in [2.75, 3.05) is 31.1 Å². The molecule has 3 aromatic rings. The smallest absolute Gasteiger partial charge is 0.295 e. The van der Waals surface area contributed by atoms with Gasteiger partial charge in [-0.05, 0) is 50.2 Å². The molecule has 2 heterocycles. The van der Waals surface area contributed by atoms with Gasteiger partial charge in [0.2, 0.25) is 0 Å².